The zero-order valence-electron chi connectivity index (χ0n) is 16.6. The molecule has 0 aromatic carbocycles. The Labute approximate surface area is 197 Å². The SMILES string of the molecule is CC1CN(C(CN=C(N)N2CCN(c3nccs3)CC2)c2cccs2)CCO1.I. The molecule has 0 spiro atoms. The van der Waals surface area contributed by atoms with E-state index < -0.39 is 0 Å². The molecule has 2 aliphatic rings. The quantitative estimate of drug-likeness (QED) is 0.352. The smallest absolute Gasteiger partial charge is 0.191 e. The minimum Gasteiger partial charge on any atom is -0.376 e. The molecule has 4 heterocycles. The molecular formula is C19H29IN6OS2. The molecule has 0 bridgehead atoms. The Morgan fingerprint density at radius 3 is 2.76 bits per heavy atom. The zero-order valence-corrected chi connectivity index (χ0v) is 20.6. The molecule has 0 amide bonds. The van der Waals surface area contributed by atoms with E-state index in [2.05, 4.69) is 44.1 Å². The van der Waals surface area contributed by atoms with Gasteiger partial charge in [-0.1, -0.05) is 6.07 Å². The lowest BCUT2D eigenvalue weighted by Gasteiger charge is -2.37. The van der Waals surface area contributed by atoms with E-state index in [1.165, 1.54) is 4.88 Å². The van der Waals surface area contributed by atoms with Crippen molar-refractivity contribution < 1.29 is 4.74 Å². The van der Waals surface area contributed by atoms with Gasteiger partial charge < -0.3 is 20.3 Å². The van der Waals surface area contributed by atoms with E-state index in [1.807, 2.05) is 11.6 Å². The van der Waals surface area contributed by atoms with Gasteiger partial charge in [0.25, 0.3) is 0 Å². The second kappa shape index (κ2) is 10.9. The number of rotatable bonds is 5. The van der Waals surface area contributed by atoms with Crippen molar-refractivity contribution in [2.24, 2.45) is 10.7 Å². The van der Waals surface area contributed by atoms with Gasteiger partial charge >= 0.3 is 0 Å². The Morgan fingerprint density at radius 2 is 2.10 bits per heavy atom. The summed E-state index contributed by atoms with van der Waals surface area (Å²) in [6.45, 7) is 9.10. The van der Waals surface area contributed by atoms with E-state index in [0.29, 0.717) is 12.5 Å². The van der Waals surface area contributed by atoms with Gasteiger partial charge in [-0.15, -0.1) is 46.7 Å². The lowest BCUT2D eigenvalue weighted by atomic mass is 10.1. The van der Waals surface area contributed by atoms with E-state index in [9.17, 15) is 0 Å². The molecule has 4 rings (SSSR count). The molecule has 2 fully saturated rings. The third-order valence-corrected chi connectivity index (χ3v) is 7.11. The van der Waals surface area contributed by atoms with Gasteiger partial charge in [-0.25, -0.2) is 4.98 Å². The van der Waals surface area contributed by atoms with Crippen molar-refractivity contribution in [3.8, 4) is 0 Å². The number of hydrogen-bond donors (Lipinski definition) is 1. The number of piperazine rings is 1. The number of ether oxygens (including phenoxy) is 1. The highest BCUT2D eigenvalue weighted by Crippen LogP contribution is 2.27. The standard InChI is InChI=1S/C19H28N6OS2.HI/c1-15-14-25(9-10-26-15)16(17-3-2-11-27-17)13-22-18(20)23-5-7-24(8-6-23)19-21-4-12-28-19;/h2-4,11-12,15-16H,5-10,13-14H2,1H3,(H2,20,22);1H. The summed E-state index contributed by atoms with van der Waals surface area (Å²) in [5.74, 6) is 0.654. The lowest BCUT2D eigenvalue weighted by molar-refractivity contribution is -0.0327. The van der Waals surface area contributed by atoms with Crippen LogP contribution in [0.4, 0.5) is 5.13 Å². The average Bonchev–Trinajstić information content (AvgIpc) is 3.43. The van der Waals surface area contributed by atoms with Gasteiger partial charge in [-0.3, -0.25) is 9.89 Å². The maximum absolute atomic E-state index is 6.38. The molecule has 2 unspecified atom stereocenters. The first-order valence-electron chi connectivity index (χ1n) is 9.79. The second-order valence-corrected chi connectivity index (χ2v) is 9.05. The minimum absolute atomic E-state index is 0. The van der Waals surface area contributed by atoms with Crippen molar-refractivity contribution in [3.63, 3.8) is 0 Å². The molecule has 2 aromatic rings. The second-order valence-electron chi connectivity index (χ2n) is 7.20. The summed E-state index contributed by atoms with van der Waals surface area (Å²) in [7, 11) is 0. The highest BCUT2D eigenvalue weighted by atomic mass is 127. The summed E-state index contributed by atoms with van der Waals surface area (Å²) in [5.41, 5.74) is 6.38. The molecule has 0 saturated carbocycles. The Balaban J connectivity index is 0.00000240. The summed E-state index contributed by atoms with van der Waals surface area (Å²) in [5, 5.41) is 5.25. The van der Waals surface area contributed by atoms with Crippen LogP contribution in [0.5, 0.6) is 0 Å². The summed E-state index contributed by atoms with van der Waals surface area (Å²) in [6, 6.07) is 4.58. The maximum atomic E-state index is 6.38. The number of aliphatic imine (C=N–C) groups is 1. The van der Waals surface area contributed by atoms with Crippen LogP contribution in [0.25, 0.3) is 0 Å². The number of anilines is 1. The van der Waals surface area contributed by atoms with Gasteiger partial charge in [0.2, 0.25) is 0 Å². The first-order chi connectivity index (χ1) is 13.7. The molecular weight excluding hydrogens is 519 g/mol. The van der Waals surface area contributed by atoms with Crippen LogP contribution in [0.3, 0.4) is 0 Å². The van der Waals surface area contributed by atoms with Crippen molar-refractivity contribution in [3.05, 3.63) is 34.0 Å². The predicted molar refractivity (Wildman–Crippen MR) is 132 cm³/mol. The number of halogens is 1. The van der Waals surface area contributed by atoms with E-state index >= 15 is 0 Å². The van der Waals surface area contributed by atoms with Crippen molar-refractivity contribution in [2.45, 2.75) is 19.1 Å². The molecule has 2 aliphatic heterocycles. The Kier molecular flexibility index (Phi) is 8.54. The van der Waals surface area contributed by atoms with Crippen molar-refractivity contribution in [1.29, 1.82) is 0 Å². The van der Waals surface area contributed by atoms with Gasteiger partial charge in [0.1, 0.15) is 0 Å². The monoisotopic (exact) mass is 548 g/mol. The van der Waals surface area contributed by atoms with Gasteiger partial charge in [-0.05, 0) is 18.4 Å². The number of aromatic nitrogens is 1. The van der Waals surface area contributed by atoms with Gasteiger partial charge in [-0.2, -0.15) is 0 Å². The third-order valence-electron chi connectivity index (χ3n) is 5.30. The molecule has 2 N–H and O–H groups in total. The molecule has 10 heteroatoms. The Hall–Kier alpha value is -0.950. The number of thiazole rings is 1. The van der Waals surface area contributed by atoms with Gasteiger partial charge in [0.15, 0.2) is 11.1 Å². The molecule has 2 atom stereocenters. The van der Waals surface area contributed by atoms with Crippen LogP contribution in [0.15, 0.2) is 34.1 Å². The van der Waals surface area contributed by atoms with E-state index in [1.54, 1.807) is 22.7 Å². The molecule has 7 nitrogen and oxygen atoms in total. The summed E-state index contributed by atoms with van der Waals surface area (Å²) in [4.78, 5) is 17.5. The van der Waals surface area contributed by atoms with Crippen molar-refractivity contribution >= 4 is 57.7 Å². The van der Waals surface area contributed by atoms with Crippen LogP contribution in [-0.2, 0) is 4.74 Å². The van der Waals surface area contributed by atoms with Gasteiger partial charge in [0, 0.05) is 55.7 Å². The van der Waals surface area contributed by atoms with Crippen LogP contribution in [0.2, 0.25) is 0 Å². The highest BCUT2D eigenvalue weighted by molar-refractivity contribution is 14.0. The highest BCUT2D eigenvalue weighted by Gasteiger charge is 2.27. The average molecular weight is 549 g/mol. The molecule has 2 saturated heterocycles. The summed E-state index contributed by atoms with van der Waals surface area (Å²) < 4.78 is 5.72. The summed E-state index contributed by atoms with van der Waals surface area (Å²) in [6.07, 6.45) is 2.12. The Morgan fingerprint density at radius 1 is 1.28 bits per heavy atom. The van der Waals surface area contributed by atoms with E-state index in [0.717, 1.165) is 51.0 Å². The summed E-state index contributed by atoms with van der Waals surface area (Å²) >= 11 is 3.48. The van der Waals surface area contributed by atoms with Crippen molar-refractivity contribution in [2.75, 3.05) is 57.3 Å². The molecule has 29 heavy (non-hydrogen) atoms. The predicted octanol–water partition coefficient (Wildman–Crippen LogP) is 2.72. The third kappa shape index (κ3) is 5.81. The van der Waals surface area contributed by atoms with Crippen LogP contribution >= 0.6 is 46.7 Å². The molecule has 2 aromatic heterocycles. The number of hydrogen-bond acceptors (Lipinski definition) is 7. The maximum Gasteiger partial charge on any atom is 0.191 e. The largest absolute Gasteiger partial charge is 0.376 e. The number of guanidine groups is 1. The number of thiophene rings is 1. The minimum atomic E-state index is 0. The molecule has 0 aliphatic carbocycles. The number of nitrogens with zero attached hydrogens (tertiary/aromatic N) is 5. The zero-order chi connectivity index (χ0) is 19.3. The number of morpholine rings is 1. The topological polar surface area (TPSA) is 70.2 Å². The number of nitrogens with two attached hydrogens (primary N) is 1. The first kappa shape index (κ1) is 22.7. The van der Waals surface area contributed by atoms with Crippen molar-refractivity contribution in [1.82, 2.24) is 14.8 Å². The Bertz CT molecular complexity index is 749. The van der Waals surface area contributed by atoms with Crippen LogP contribution in [0.1, 0.15) is 17.8 Å². The fourth-order valence-corrected chi connectivity index (χ4v) is 5.32. The lowest BCUT2D eigenvalue weighted by Crippen LogP contribution is -2.51. The van der Waals surface area contributed by atoms with E-state index in [4.69, 9.17) is 15.5 Å². The van der Waals surface area contributed by atoms with Gasteiger partial charge in [0.05, 0.1) is 25.3 Å². The molecule has 0 radical (unpaired) electrons. The van der Waals surface area contributed by atoms with Crippen LogP contribution in [0, 0.1) is 0 Å². The van der Waals surface area contributed by atoms with E-state index in [-0.39, 0.29) is 36.1 Å². The molecule has 160 valence electrons. The van der Waals surface area contributed by atoms with Crippen LogP contribution < -0.4 is 10.6 Å². The normalized spacial score (nSPS) is 22.4. The fraction of sp³-hybridized carbons (Fsp3) is 0.579. The fourth-order valence-electron chi connectivity index (χ4n) is 3.77. The first-order valence-corrected chi connectivity index (χ1v) is 11.5. The van der Waals surface area contributed by atoms with Crippen LogP contribution in [-0.4, -0.2) is 79.3 Å².